The summed E-state index contributed by atoms with van der Waals surface area (Å²) in [5, 5.41) is 16.1. The first-order valence-corrected chi connectivity index (χ1v) is 12.3. The minimum absolute atomic E-state index is 0.128. The second-order valence-electron chi connectivity index (χ2n) is 7.67. The number of aromatic nitrogens is 3. The van der Waals surface area contributed by atoms with Crippen molar-refractivity contribution in [2.75, 3.05) is 22.3 Å². The number of thioether (sulfide) groups is 1. The highest BCUT2D eigenvalue weighted by molar-refractivity contribution is 7.99. The first-order valence-electron chi connectivity index (χ1n) is 10.9. The summed E-state index contributed by atoms with van der Waals surface area (Å²) < 4.78 is 7.17. The summed E-state index contributed by atoms with van der Waals surface area (Å²) in [5.41, 5.74) is 6.21. The Morgan fingerprint density at radius 2 is 1.94 bits per heavy atom. The molecule has 1 heterocycles. The molecule has 11 heteroatoms. The Bertz CT molecular complexity index is 1380. The van der Waals surface area contributed by atoms with Gasteiger partial charge in [-0.2, -0.15) is 5.10 Å². The summed E-state index contributed by atoms with van der Waals surface area (Å²) in [5.74, 6) is 6.89. The van der Waals surface area contributed by atoms with Gasteiger partial charge in [0.2, 0.25) is 11.1 Å². The van der Waals surface area contributed by atoms with Crippen LogP contribution in [0.1, 0.15) is 16.7 Å². The van der Waals surface area contributed by atoms with E-state index in [1.807, 2.05) is 79.7 Å². The Morgan fingerprint density at radius 3 is 2.78 bits per heavy atom. The van der Waals surface area contributed by atoms with Crippen molar-refractivity contribution < 1.29 is 9.53 Å². The van der Waals surface area contributed by atoms with Gasteiger partial charge >= 0.3 is 0 Å². The molecule has 184 valence electrons. The molecular formula is C25H24ClN7O2S. The normalized spacial score (nSPS) is 10.9. The first-order chi connectivity index (χ1) is 17.5. The summed E-state index contributed by atoms with van der Waals surface area (Å²) >= 11 is 7.38. The average Bonchev–Trinajstić information content (AvgIpc) is 3.22. The van der Waals surface area contributed by atoms with Crippen LogP contribution in [0, 0.1) is 6.92 Å². The Labute approximate surface area is 217 Å². The van der Waals surface area contributed by atoms with Gasteiger partial charge in [-0.1, -0.05) is 65.8 Å². The van der Waals surface area contributed by atoms with Crippen molar-refractivity contribution in [3.63, 3.8) is 0 Å². The molecule has 4 rings (SSSR count). The van der Waals surface area contributed by atoms with Crippen LogP contribution in [-0.4, -0.2) is 32.7 Å². The van der Waals surface area contributed by atoms with E-state index in [-0.39, 0.29) is 17.6 Å². The van der Waals surface area contributed by atoms with Crippen LogP contribution in [0.5, 0.6) is 5.75 Å². The highest BCUT2D eigenvalue weighted by atomic mass is 35.5. The van der Waals surface area contributed by atoms with Crippen LogP contribution in [0.3, 0.4) is 0 Å². The molecule has 0 fully saturated rings. The predicted molar refractivity (Wildman–Crippen MR) is 144 cm³/mol. The molecule has 0 aliphatic heterocycles. The van der Waals surface area contributed by atoms with Crippen molar-refractivity contribution in [3.8, 4) is 5.75 Å². The number of halogens is 1. The molecule has 0 bridgehead atoms. The number of nitrogens with one attached hydrogen (secondary N) is 2. The van der Waals surface area contributed by atoms with E-state index in [9.17, 15) is 4.79 Å². The maximum atomic E-state index is 12.2. The fourth-order valence-electron chi connectivity index (χ4n) is 3.15. The van der Waals surface area contributed by atoms with Crippen LogP contribution in [-0.2, 0) is 11.4 Å². The molecule has 0 radical (unpaired) electrons. The number of carbonyl (C=O) groups excluding carboxylic acids is 1. The smallest absolute Gasteiger partial charge is 0.264 e. The zero-order valence-electron chi connectivity index (χ0n) is 19.4. The Kier molecular flexibility index (Phi) is 8.43. The third-order valence-electron chi connectivity index (χ3n) is 4.93. The van der Waals surface area contributed by atoms with E-state index in [1.165, 1.54) is 16.4 Å². The lowest BCUT2D eigenvalue weighted by atomic mass is 10.2. The van der Waals surface area contributed by atoms with Gasteiger partial charge in [0.15, 0.2) is 0 Å². The van der Waals surface area contributed by atoms with E-state index in [1.54, 1.807) is 6.21 Å². The number of para-hydroxylation sites is 1. The number of ether oxygens (including phenoxy) is 1. The van der Waals surface area contributed by atoms with E-state index in [2.05, 4.69) is 26.0 Å². The van der Waals surface area contributed by atoms with Crippen molar-refractivity contribution in [2.24, 2.45) is 5.10 Å². The number of benzene rings is 3. The average molecular weight is 522 g/mol. The van der Waals surface area contributed by atoms with E-state index < -0.39 is 0 Å². The monoisotopic (exact) mass is 521 g/mol. The lowest BCUT2D eigenvalue weighted by Gasteiger charge is -2.10. The molecule has 1 aromatic heterocycles. The van der Waals surface area contributed by atoms with Crippen molar-refractivity contribution in [3.05, 3.63) is 94.5 Å². The lowest BCUT2D eigenvalue weighted by Crippen LogP contribution is -2.17. The minimum atomic E-state index is -0.172. The second kappa shape index (κ2) is 12.1. The molecule has 0 aliphatic rings. The van der Waals surface area contributed by atoms with Crippen LogP contribution in [0.2, 0.25) is 5.02 Å². The van der Waals surface area contributed by atoms with Gasteiger partial charge in [0.1, 0.15) is 12.4 Å². The Morgan fingerprint density at radius 1 is 1.14 bits per heavy atom. The van der Waals surface area contributed by atoms with E-state index in [4.69, 9.17) is 22.2 Å². The number of nitrogen functional groups attached to an aromatic ring is 1. The minimum Gasteiger partial charge on any atom is -0.488 e. The number of nitrogens with two attached hydrogens (primary N) is 1. The van der Waals surface area contributed by atoms with Crippen LogP contribution < -0.4 is 21.3 Å². The summed E-state index contributed by atoms with van der Waals surface area (Å²) in [4.78, 5) is 12.2. The van der Waals surface area contributed by atoms with Gasteiger partial charge in [-0.3, -0.25) is 4.79 Å². The first kappa shape index (κ1) is 25.1. The number of rotatable bonds is 10. The van der Waals surface area contributed by atoms with Crippen LogP contribution in [0.15, 0.2) is 83.1 Å². The largest absolute Gasteiger partial charge is 0.488 e. The van der Waals surface area contributed by atoms with Gasteiger partial charge in [-0.15, -0.1) is 10.2 Å². The molecule has 4 N–H and O–H groups in total. The highest BCUT2D eigenvalue weighted by Gasteiger charge is 2.12. The van der Waals surface area contributed by atoms with Crippen molar-refractivity contribution >= 4 is 47.1 Å². The molecule has 0 saturated heterocycles. The number of nitrogens with zero attached hydrogens (tertiary/aromatic N) is 4. The molecule has 9 nitrogen and oxygen atoms in total. The van der Waals surface area contributed by atoms with Gasteiger partial charge in [-0.25, -0.2) is 10.1 Å². The van der Waals surface area contributed by atoms with Crippen molar-refractivity contribution in [1.82, 2.24) is 14.9 Å². The summed E-state index contributed by atoms with van der Waals surface area (Å²) in [6.07, 6.45) is 1.60. The standard InChI is InChI=1S/C25H24ClN7O2S/c1-17-7-6-10-20(13-17)29-23(34)16-36-25-32-31-24(33(25)27)30-28-14-18-8-3-5-12-22(18)35-15-19-9-2-4-11-21(19)26/h2-14H,15-16,27H2,1H3,(H,29,34)(H,30,31)/b28-14+. The van der Waals surface area contributed by atoms with Crippen molar-refractivity contribution in [2.45, 2.75) is 18.7 Å². The maximum Gasteiger partial charge on any atom is 0.264 e. The summed E-state index contributed by atoms with van der Waals surface area (Å²) in [6.45, 7) is 2.29. The van der Waals surface area contributed by atoms with Crippen LogP contribution in [0.4, 0.5) is 11.6 Å². The molecule has 0 aliphatic carbocycles. The molecular weight excluding hydrogens is 498 g/mol. The number of hydrazone groups is 1. The lowest BCUT2D eigenvalue weighted by molar-refractivity contribution is -0.113. The number of aryl methyl sites for hydroxylation is 1. The topological polar surface area (TPSA) is 119 Å². The molecule has 0 unspecified atom stereocenters. The second-order valence-corrected chi connectivity index (χ2v) is 9.02. The zero-order valence-corrected chi connectivity index (χ0v) is 21.0. The summed E-state index contributed by atoms with van der Waals surface area (Å²) in [6, 6.07) is 22.6. The van der Waals surface area contributed by atoms with Gasteiger partial charge in [-0.05, 0) is 42.8 Å². The van der Waals surface area contributed by atoms with Gasteiger partial charge in [0.25, 0.3) is 5.95 Å². The van der Waals surface area contributed by atoms with Gasteiger partial charge in [0.05, 0.1) is 12.0 Å². The number of hydrogen-bond acceptors (Lipinski definition) is 8. The van der Waals surface area contributed by atoms with Crippen LogP contribution >= 0.6 is 23.4 Å². The fraction of sp³-hybridized carbons (Fsp3) is 0.120. The summed E-state index contributed by atoms with van der Waals surface area (Å²) in [7, 11) is 0. The SMILES string of the molecule is Cc1cccc(NC(=O)CSc2nnc(N/N=C/c3ccccc3OCc3ccccc3Cl)n2N)c1. The molecule has 36 heavy (non-hydrogen) atoms. The van der Waals surface area contributed by atoms with Crippen molar-refractivity contribution in [1.29, 1.82) is 0 Å². The van der Waals surface area contributed by atoms with Gasteiger partial charge < -0.3 is 15.9 Å². The molecule has 0 atom stereocenters. The Hall–Kier alpha value is -4.02. The Balaban J connectivity index is 1.32. The maximum absolute atomic E-state index is 12.2. The molecule has 0 spiro atoms. The number of carbonyl (C=O) groups is 1. The quantitative estimate of drug-likeness (QED) is 0.120. The highest BCUT2D eigenvalue weighted by Crippen LogP contribution is 2.21. The molecule has 0 saturated carbocycles. The zero-order chi connectivity index (χ0) is 25.3. The van der Waals surface area contributed by atoms with E-state index >= 15 is 0 Å². The molecule has 1 amide bonds. The van der Waals surface area contributed by atoms with E-state index in [0.29, 0.717) is 22.5 Å². The number of anilines is 2. The molecule has 3 aromatic carbocycles. The molecule has 4 aromatic rings. The number of hydrogen-bond donors (Lipinski definition) is 3. The van der Waals surface area contributed by atoms with E-state index in [0.717, 1.165) is 22.4 Å². The van der Waals surface area contributed by atoms with Gasteiger partial charge in [0, 0.05) is 21.8 Å². The van der Waals surface area contributed by atoms with Crippen LogP contribution in [0.25, 0.3) is 0 Å². The third-order valence-corrected chi connectivity index (χ3v) is 6.24. The fourth-order valence-corrected chi connectivity index (χ4v) is 4.00. The predicted octanol–water partition coefficient (Wildman–Crippen LogP) is 4.71. The number of amides is 1. The third kappa shape index (κ3) is 6.77.